The lowest BCUT2D eigenvalue weighted by molar-refractivity contribution is 0.0969. The van der Waals surface area contributed by atoms with Gasteiger partial charge in [-0.15, -0.1) is 0 Å². The van der Waals surface area contributed by atoms with Gasteiger partial charge in [0.25, 0.3) is 0 Å². The fourth-order valence-corrected chi connectivity index (χ4v) is 6.78. The number of nitrogens with zero attached hydrogens (tertiary/aromatic N) is 6. The number of ketones is 2. The molecule has 2 amide bonds. The zero-order chi connectivity index (χ0) is 46.4. The van der Waals surface area contributed by atoms with Crippen molar-refractivity contribution >= 4 is 51.2 Å². The number of carbonyl (C=O) groups excluding carboxylic acids is 4. The number of aromatic nitrogens is 4. The number of halogens is 4. The summed E-state index contributed by atoms with van der Waals surface area (Å²) in [6, 6.07) is 6.37. The van der Waals surface area contributed by atoms with Crippen molar-refractivity contribution < 1.29 is 54.6 Å². The summed E-state index contributed by atoms with van der Waals surface area (Å²) in [6.45, 7) is 8.25. The zero-order valence-electron chi connectivity index (χ0n) is 34.7. The first kappa shape index (κ1) is 49.2. The molecule has 340 valence electrons. The molecule has 0 spiro atoms. The normalized spacial score (nSPS) is 14.3. The van der Waals surface area contributed by atoms with Gasteiger partial charge in [-0.05, 0) is 63.8 Å². The van der Waals surface area contributed by atoms with Crippen molar-refractivity contribution in [3.63, 3.8) is 0 Å². The average Bonchev–Trinajstić information content (AvgIpc) is 3.24. The van der Waals surface area contributed by atoms with E-state index in [1.54, 1.807) is 16.7 Å². The highest BCUT2D eigenvalue weighted by molar-refractivity contribution is 7.91. The second-order valence-electron chi connectivity index (χ2n) is 13.8. The van der Waals surface area contributed by atoms with Crippen molar-refractivity contribution in [1.82, 2.24) is 29.7 Å². The van der Waals surface area contributed by atoms with Crippen LogP contribution in [0.25, 0.3) is 0 Å². The molecule has 2 aromatic heterocycles. The summed E-state index contributed by atoms with van der Waals surface area (Å²) in [7, 11) is -3.71. The smallest absolute Gasteiger partial charge is 0.409 e. The summed E-state index contributed by atoms with van der Waals surface area (Å²) in [4.78, 5) is 66.0. The fraction of sp³-hybridized carbons (Fsp3) is 0.400. The van der Waals surface area contributed by atoms with E-state index in [-0.39, 0.29) is 52.9 Å². The Morgan fingerprint density at radius 3 is 1.51 bits per heavy atom. The molecule has 4 heterocycles. The van der Waals surface area contributed by atoms with Crippen molar-refractivity contribution in [2.75, 3.05) is 61.9 Å². The summed E-state index contributed by atoms with van der Waals surface area (Å²) >= 11 is 0. The van der Waals surface area contributed by atoms with E-state index in [0.717, 1.165) is 68.7 Å². The minimum atomic E-state index is -3.71. The second-order valence-corrected chi connectivity index (χ2v) is 16.0. The number of nitrogen functional groups attached to an aromatic ring is 2. The van der Waals surface area contributed by atoms with Crippen LogP contribution < -0.4 is 22.5 Å². The van der Waals surface area contributed by atoms with Gasteiger partial charge in [0.1, 0.15) is 34.9 Å². The topological polar surface area (TPSA) is 269 Å². The summed E-state index contributed by atoms with van der Waals surface area (Å²) in [5.41, 5.74) is 15.0. The third-order valence-electron chi connectivity index (χ3n) is 9.56. The van der Waals surface area contributed by atoms with Crippen LogP contribution in [-0.4, -0.2) is 119 Å². The number of nitrogens with one attached hydrogen (secondary N) is 1. The van der Waals surface area contributed by atoms with Crippen LogP contribution in [0.1, 0.15) is 78.3 Å². The molecule has 0 unspecified atom stereocenters. The Morgan fingerprint density at radius 2 is 1.11 bits per heavy atom. The van der Waals surface area contributed by atoms with E-state index in [2.05, 4.69) is 25.3 Å². The number of benzene rings is 2. The third-order valence-corrected chi connectivity index (χ3v) is 11.1. The predicted octanol–water partition coefficient (Wildman–Crippen LogP) is 4.53. The fourth-order valence-electron chi connectivity index (χ4n) is 6.07. The van der Waals surface area contributed by atoms with E-state index in [1.807, 2.05) is 6.92 Å². The molecule has 2 fully saturated rings. The molecule has 0 bridgehead atoms. The molecule has 6 rings (SSSR count). The van der Waals surface area contributed by atoms with Crippen molar-refractivity contribution in [3.8, 4) is 0 Å². The molecular weight excluding hydrogens is 857 g/mol. The SMILES string of the molecule is CCOC(=O)N1CCC(N)CC1.CCOC(=O)N1CCC(Nc2ncc(C(=O)c3c(F)cccc3F)c(N)n2)CC1.CCS(=O)(=O)c1ncc(C(=O)c2c(F)cccc2F)c(N)n1. The Balaban J connectivity index is 0.000000225. The third kappa shape index (κ3) is 13.0. The largest absolute Gasteiger partial charge is 0.450 e. The van der Waals surface area contributed by atoms with Crippen LogP contribution in [0.15, 0.2) is 53.9 Å². The molecule has 0 radical (unpaired) electrons. The van der Waals surface area contributed by atoms with E-state index in [4.69, 9.17) is 26.7 Å². The Hall–Kier alpha value is -6.49. The average molecular weight is 905 g/mol. The Morgan fingerprint density at radius 1 is 0.698 bits per heavy atom. The van der Waals surface area contributed by atoms with E-state index in [1.165, 1.54) is 13.0 Å². The number of ether oxygens (including phenoxy) is 2. The molecule has 2 saturated heterocycles. The molecule has 2 aliphatic rings. The van der Waals surface area contributed by atoms with Gasteiger partial charge >= 0.3 is 12.2 Å². The lowest BCUT2D eigenvalue weighted by Crippen LogP contribution is -2.43. The highest BCUT2D eigenvalue weighted by atomic mass is 32.2. The summed E-state index contributed by atoms with van der Waals surface area (Å²) < 4.78 is 88.0. The minimum absolute atomic E-state index is 0.00522. The first-order chi connectivity index (χ1) is 29.9. The van der Waals surface area contributed by atoms with E-state index in [9.17, 15) is 45.2 Å². The molecule has 2 aromatic carbocycles. The maximum absolute atomic E-state index is 13.9. The number of nitrogens with two attached hydrogens (primary N) is 3. The molecular formula is C40H48F4N10O8S. The number of anilines is 3. The monoisotopic (exact) mass is 904 g/mol. The zero-order valence-corrected chi connectivity index (χ0v) is 35.5. The van der Waals surface area contributed by atoms with Crippen molar-refractivity contribution in [2.24, 2.45) is 5.73 Å². The molecule has 23 heteroatoms. The number of hydrogen-bond acceptors (Lipinski definition) is 16. The molecule has 18 nitrogen and oxygen atoms in total. The molecule has 0 saturated carbocycles. The van der Waals surface area contributed by atoms with Gasteiger partial charge in [0.15, 0.2) is 0 Å². The molecule has 2 aliphatic heterocycles. The van der Waals surface area contributed by atoms with Gasteiger partial charge in [-0.2, -0.15) is 4.98 Å². The maximum atomic E-state index is 13.9. The van der Waals surface area contributed by atoms with Crippen molar-refractivity contribution in [3.05, 3.63) is 94.3 Å². The number of carbonyl (C=O) groups is 4. The molecule has 0 atom stereocenters. The van der Waals surface area contributed by atoms with Crippen LogP contribution in [0.3, 0.4) is 0 Å². The standard InChI is InChI=1S/C19H21F2N5O3.C13H11F2N3O3S.C8H16N2O2/c1-2-29-19(28)26-8-6-11(7-9-26)24-18-23-10-12(17(22)25-18)16(27)15-13(20)4-3-5-14(15)21;1-2-22(20,21)13-17-6-7(12(16)18-13)11(19)10-8(14)4-3-5-9(10)15;1-2-12-8(11)10-5-3-7(9)4-6-10/h3-5,10-11H,2,6-9H2,1H3,(H3,22,23,24,25);3-6H,2H2,1H3,(H2,16,17,18);7H,2-6,9H2,1H3. The van der Waals surface area contributed by atoms with Crippen LogP contribution in [-0.2, 0) is 19.3 Å². The highest BCUT2D eigenvalue weighted by Gasteiger charge is 2.27. The number of sulfone groups is 1. The number of likely N-dealkylation sites (tertiary alicyclic amines) is 2. The Labute approximate surface area is 360 Å². The summed E-state index contributed by atoms with van der Waals surface area (Å²) in [5, 5.41) is 2.56. The van der Waals surface area contributed by atoms with Gasteiger partial charge in [-0.25, -0.2) is 50.5 Å². The van der Waals surface area contributed by atoms with E-state index in [0.29, 0.717) is 39.1 Å². The van der Waals surface area contributed by atoms with E-state index >= 15 is 0 Å². The van der Waals surface area contributed by atoms with Crippen LogP contribution in [0.2, 0.25) is 0 Å². The number of rotatable bonds is 10. The van der Waals surface area contributed by atoms with Gasteiger partial charge < -0.3 is 41.8 Å². The highest BCUT2D eigenvalue weighted by Crippen LogP contribution is 2.23. The maximum Gasteiger partial charge on any atom is 0.409 e. The van der Waals surface area contributed by atoms with E-state index < -0.39 is 66.8 Å². The van der Waals surface area contributed by atoms with Gasteiger partial charge in [0.2, 0.25) is 32.5 Å². The first-order valence-electron chi connectivity index (χ1n) is 19.7. The molecule has 7 N–H and O–H groups in total. The lowest BCUT2D eigenvalue weighted by Gasteiger charge is -2.31. The van der Waals surface area contributed by atoms with Crippen LogP contribution in [0.4, 0.5) is 44.7 Å². The number of hydrogen-bond donors (Lipinski definition) is 4. The Kier molecular flexibility index (Phi) is 17.6. The van der Waals surface area contributed by atoms with Gasteiger partial charge in [0, 0.05) is 50.7 Å². The van der Waals surface area contributed by atoms with Gasteiger partial charge in [0.05, 0.1) is 41.2 Å². The van der Waals surface area contributed by atoms with Gasteiger partial charge in [-0.3, -0.25) is 9.59 Å². The van der Waals surface area contributed by atoms with Gasteiger partial charge in [-0.1, -0.05) is 19.1 Å². The predicted molar refractivity (Wildman–Crippen MR) is 221 cm³/mol. The second kappa shape index (κ2) is 22.6. The summed E-state index contributed by atoms with van der Waals surface area (Å²) in [6.07, 6.45) is 4.54. The van der Waals surface area contributed by atoms with Crippen LogP contribution >= 0.6 is 0 Å². The Bertz CT molecular complexity index is 2340. The summed E-state index contributed by atoms with van der Waals surface area (Å²) in [5.74, 6) is -6.77. The van der Waals surface area contributed by atoms with Crippen molar-refractivity contribution in [2.45, 2.75) is 63.7 Å². The molecule has 4 aromatic rings. The lowest BCUT2D eigenvalue weighted by atomic mass is 10.0. The number of piperidine rings is 2. The molecule has 63 heavy (non-hydrogen) atoms. The quantitative estimate of drug-likeness (QED) is 0.0967. The first-order valence-corrected chi connectivity index (χ1v) is 21.4. The minimum Gasteiger partial charge on any atom is -0.450 e. The van der Waals surface area contributed by atoms with Crippen LogP contribution in [0, 0.1) is 23.3 Å². The number of amides is 2. The molecule has 0 aliphatic carbocycles. The van der Waals surface area contributed by atoms with Crippen LogP contribution in [0.5, 0.6) is 0 Å². The van der Waals surface area contributed by atoms with Crippen molar-refractivity contribution in [1.29, 1.82) is 0 Å².